The molecule has 0 bridgehead atoms. The SMILES string of the molecule is CC1CN(c2nccc3sccc23)CC1C(=O)O. The van der Waals surface area contributed by atoms with Crippen LogP contribution >= 0.6 is 11.3 Å². The summed E-state index contributed by atoms with van der Waals surface area (Å²) in [6.45, 7) is 3.31. The minimum absolute atomic E-state index is 0.165. The number of aliphatic carboxylic acids is 1. The van der Waals surface area contributed by atoms with Crippen molar-refractivity contribution in [1.82, 2.24) is 4.98 Å². The number of aromatic nitrogens is 1. The molecule has 2 unspecified atom stereocenters. The number of carbonyl (C=O) groups is 1. The second-order valence-corrected chi connectivity index (χ2v) is 5.74. The lowest BCUT2D eigenvalue weighted by molar-refractivity contribution is -0.142. The Balaban J connectivity index is 1.97. The van der Waals surface area contributed by atoms with Crippen LogP contribution in [0.2, 0.25) is 0 Å². The minimum Gasteiger partial charge on any atom is -0.481 e. The smallest absolute Gasteiger partial charge is 0.308 e. The Labute approximate surface area is 109 Å². The Morgan fingerprint density at radius 1 is 1.50 bits per heavy atom. The summed E-state index contributed by atoms with van der Waals surface area (Å²) in [5, 5.41) is 12.3. The molecule has 0 saturated carbocycles. The van der Waals surface area contributed by atoms with Gasteiger partial charge in [-0.25, -0.2) is 4.98 Å². The standard InChI is InChI=1S/C13H14N2O2S/c1-8-6-15(7-10(8)13(16)17)12-9-3-5-18-11(9)2-4-14-12/h2-5,8,10H,6-7H2,1H3,(H,16,17). The number of carboxylic acids is 1. The highest BCUT2D eigenvalue weighted by Gasteiger charge is 2.35. The van der Waals surface area contributed by atoms with Crippen LogP contribution in [0.15, 0.2) is 23.7 Å². The topological polar surface area (TPSA) is 53.4 Å². The van der Waals surface area contributed by atoms with Crippen molar-refractivity contribution in [2.24, 2.45) is 11.8 Å². The molecule has 1 saturated heterocycles. The number of hydrogen-bond acceptors (Lipinski definition) is 4. The number of rotatable bonds is 2. The molecule has 1 aliphatic heterocycles. The van der Waals surface area contributed by atoms with E-state index in [9.17, 15) is 9.90 Å². The number of anilines is 1. The first-order valence-corrected chi connectivity index (χ1v) is 6.84. The van der Waals surface area contributed by atoms with Crippen molar-refractivity contribution >= 4 is 33.2 Å². The first-order chi connectivity index (χ1) is 8.66. The van der Waals surface area contributed by atoms with Crippen LogP contribution in [0.1, 0.15) is 6.92 Å². The molecule has 2 aromatic rings. The van der Waals surface area contributed by atoms with Crippen molar-refractivity contribution in [3.63, 3.8) is 0 Å². The van der Waals surface area contributed by atoms with Crippen LogP contribution in [0.3, 0.4) is 0 Å². The monoisotopic (exact) mass is 262 g/mol. The normalized spacial score (nSPS) is 23.7. The lowest BCUT2D eigenvalue weighted by Gasteiger charge is -2.17. The predicted molar refractivity (Wildman–Crippen MR) is 72.1 cm³/mol. The molecule has 0 aliphatic carbocycles. The van der Waals surface area contributed by atoms with Gasteiger partial charge in [0.25, 0.3) is 0 Å². The second kappa shape index (κ2) is 4.24. The lowest BCUT2D eigenvalue weighted by Crippen LogP contribution is -2.23. The summed E-state index contributed by atoms with van der Waals surface area (Å²) in [5.74, 6) is 0.0886. The molecular weight excluding hydrogens is 248 g/mol. The second-order valence-electron chi connectivity index (χ2n) is 4.79. The third-order valence-electron chi connectivity index (χ3n) is 3.59. The van der Waals surface area contributed by atoms with Crippen LogP contribution in [-0.4, -0.2) is 29.1 Å². The molecule has 4 nitrogen and oxygen atoms in total. The lowest BCUT2D eigenvalue weighted by atomic mass is 9.99. The molecule has 3 heterocycles. The highest BCUT2D eigenvalue weighted by atomic mass is 32.1. The largest absolute Gasteiger partial charge is 0.481 e. The molecule has 18 heavy (non-hydrogen) atoms. The van der Waals surface area contributed by atoms with E-state index in [0.29, 0.717) is 6.54 Å². The maximum absolute atomic E-state index is 11.2. The molecule has 3 rings (SSSR count). The van der Waals surface area contributed by atoms with Crippen molar-refractivity contribution in [2.75, 3.05) is 18.0 Å². The summed E-state index contributed by atoms with van der Waals surface area (Å²) in [4.78, 5) is 17.7. The van der Waals surface area contributed by atoms with E-state index < -0.39 is 5.97 Å². The van der Waals surface area contributed by atoms with Gasteiger partial charge in [-0.3, -0.25) is 4.79 Å². The van der Waals surface area contributed by atoms with Crippen LogP contribution < -0.4 is 4.90 Å². The molecule has 94 valence electrons. The summed E-state index contributed by atoms with van der Waals surface area (Å²) in [5.41, 5.74) is 0. The van der Waals surface area contributed by atoms with Gasteiger partial charge in [0.15, 0.2) is 0 Å². The Morgan fingerprint density at radius 3 is 3.06 bits per heavy atom. The molecule has 2 atom stereocenters. The van der Waals surface area contributed by atoms with E-state index in [1.165, 1.54) is 4.70 Å². The number of fused-ring (bicyclic) bond motifs is 1. The summed E-state index contributed by atoms with van der Waals surface area (Å²) >= 11 is 1.69. The third kappa shape index (κ3) is 1.75. The summed E-state index contributed by atoms with van der Waals surface area (Å²) in [7, 11) is 0. The number of thiophene rings is 1. The van der Waals surface area contributed by atoms with Gasteiger partial charge in [0.2, 0.25) is 0 Å². The van der Waals surface area contributed by atoms with Crippen molar-refractivity contribution in [3.8, 4) is 0 Å². The van der Waals surface area contributed by atoms with Gasteiger partial charge >= 0.3 is 5.97 Å². The zero-order valence-corrected chi connectivity index (χ0v) is 10.9. The van der Waals surface area contributed by atoms with Gasteiger partial charge < -0.3 is 10.0 Å². The predicted octanol–water partition coefficient (Wildman–Crippen LogP) is 2.45. The minimum atomic E-state index is -0.706. The van der Waals surface area contributed by atoms with Gasteiger partial charge in [-0.1, -0.05) is 6.92 Å². The van der Waals surface area contributed by atoms with Gasteiger partial charge in [-0.2, -0.15) is 0 Å². The summed E-state index contributed by atoms with van der Waals surface area (Å²) in [6, 6.07) is 4.05. The Bertz CT molecular complexity index is 595. The van der Waals surface area contributed by atoms with E-state index in [2.05, 4.69) is 16.0 Å². The van der Waals surface area contributed by atoms with E-state index in [1.54, 1.807) is 17.5 Å². The molecule has 1 fully saturated rings. The van der Waals surface area contributed by atoms with Gasteiger partial charge in [0.05, 0.1) is 5.92 Å². The van der Waals surface area contributed by atoms with Crippen LogP contribution in [0.5, 0.6) is 0 Å². The zero-order valence-electron chi connectivity index (χ0n) is 10.0. The Kier molecular flexibility index (Phi) is 2.70. The van der Waals surface area contributed by atoms with Crippen LogP contribution in [-0.2, 0) is 4.79 Å². The Morgan fingerprint density at radius 2 is 2.33 bits per heavy atom. The van der Waals surface area contributed by atoms with Crippen molar-refractivity contribution in [3.05, 3.63) is 23.7 Å². The molecule has 5 heteroatoms. The average molecular weight is 262 g/mol. The van der Waals surface area contributed by atoms with Crippen LogP contribution in [0, 0.1) is 11.8 Å². The zero-order chi connectivity index (χ0) is 12.7. The molecule has 2 aromatic heterocycles. The van der Waals surface area contributed by atoms with E-state index in [0.717, 1.165) is 17.7 Å². The molecule has 1 aliphatic rings. The first-order valence-electron chi connectivity index (χ1n) is 5.97. The number of carboxylic acid groups (broad SMARTS) is 1. The fourth-order valence-corrected chi connectivity index (χ4v) is 3.37. The first kappa shape index (κ1) is 11.5. The number of pyridine rings is 1. The van der Waals surface area contributed by atoms with E-state index in [-0.39, 0.29) is 11.8 Å². The van der Waals surface area contributed by atoms with Gasteiger partial charge in [-0.15, -0.1) is 11.3 Å². The molecule has 0 amide bonds. The Hall–Kier alpha value is -1.62. The fraction of sp³-hybridized carbons (Fsp3) is 0.385. The highest BCUT2D eigenvalue weighted by Crippen LogP contribution is 2.33. The van der Waals surface area contributed by atoms with Crippen molar-refractivity contribution in [1.29, 1.82) is 0 Å². The molecule has 0 radical (unpaired) electrons. The average Bonchev–Trinajstić information content (AvgIpc) is 2.94. The maximum Gasteiger partial charge on any atom is 0.308 e. The van der Waals surface area contributed by atoms with Crippen LogP contribution in [0.4, 0.5) is 5.82 Å². The third-order valence-corrected chi connectivity index (χ3v) is 4.47. The number of hydrogen-bond donors (Lipinski definition) is 1. The van der Waals surface area contributed by atoms with Crippen molar-refractivity contribution in [2.45, 2.75) is 6.92 Å². The van der Waals surface area contributed by atoms with E-state index in [4.69, 9.17) is 0 Å². The molecular formula is C13H14N2O2S. The molecule has 0 aromatic carbocycles. The van der Waals surface area contributed by atoms with Crippen molar-refractivity contribution < 1.29 is 9.90 Å². The maximum atomic E-state index is 11.2. The fourth-order valence-electron chi connectivity index (χ4n) is 2.59. The summed E-state index contributed by atoms with van der Waals surface area (Å²) < 4.78 is 1.20. The molecule has 0 spiro atoms. The number of nitrogens with zero attached hydrogens (tertiary/aromatic N) is 2. The molecule has 1 N–H and O–H groups in total. The van der Waals surface area contributed by atoms with Gasteiger partial charge in [-0.05, 0) is 23.4 Å². The highest BCUT2D eigenvalue weighted by molar-refractivity contribution is 7.17. The van der Waals surface area contributed by atoms with Gasteiger partial charge in [0, 0.05) is 29.4 Å². The van der Waals surface area contributed by atoms with E-state index >= 15 is 0 Å². The van der Waals surface area contributed by atoms with Crippen LogP contribution in [0.25, 0.3) is 10.1 Å². The quantitative estimate of drug-likeness (QED) is 0.903. The van der Waals surface area contributed by atoms with Gasteiger partial charge in [0.1, 0.15) is 5.82 Å². The summed E-state index contributed by atoms with van der Waals surface area (Å²) in [6.07, 6.45) is 1.80. The van der Waals surface area contributed by atoms with E-state index in [1.807, 2.05) is 18.4 Å².